The Morgan fingerprint density at radius 1 is 0.926 bits per heavy atom. The summed E-state index contributed by atoms with van der Waals surface area (Å²) in [4.78, 5) is 15.3. The number of hydrogen-bond acceptors (Lipinski definition) is 5. The van der Waals surface area contributed by atoms with Gasteiger partial charge in [-0.05, 0) is 31.1 Å². The number of nitrogens with zero attached hydrogens (tertiary/aromatic N) is 4. The van der Waals surface area contributed by atoms with E-state index in [9.17, 15) is 0 Å². The molecule has 1 aromatic carbocycles. The first kappa shape index (κ1) is 20.9. The topological polar surface area (TPSA) is 67.9 Å². The van der Waals surface area contributed by atoms with E-state index in [1.54, 1.807) is 0 Å². The van der Waals surface area contributed by atoms with E-state index < -0.39 is 0 Å². The summed E-state index contributed by atoms with van der Waals surface area (Å²) in [7, 11) is 0. The van der Waals surface area contributed by atoms with Crippen LogP contribution < -0.4 is 10.6 Å². The molecule has 0 bridgehead atoms. The average Bonchev–Trinajstić information content (AvgIpc) is 2.67. The molecular formula is C22H33N5. The molecule has 27 heavy (non-hydrogen) atoms. The molecular weight excluding hydrogens is 334 g/mol. The summed E-state index contributed by atoms with van der Waals surface area (Å²) < 4.78 is 0. The second-order valence-corrected chi connectivity index (χ2v) is 7.06. The van der Waals surface area contributed by atoms with Crippen LogP contribution in [0, 0.1) is 0 Å². The normalized spacial score (nSPS) is 10.7. The third-order valence-corrected chi connectivity index (χ3v) is 4.57. The van der Waals surface area contributed by atoms with E-state index >= 15 is 0 Å². The molecule has 5 heteroatoms. The van der Waals surface area contributed by atoms with Crippen LogP contribution in [-0.2, 0) is 0 Å². The van der Waals surface area contributed by atoms with Gasteiger partial charge in [-0.25, -0.2) is 0 Å². The number of para-hydroxylation sites is 1. The number of hydrogen-bond donors (Lipinski definition) is 1. The van der Waals surface area contributed by atoms with Crippen LogP contribution in [0.25, 0.3) is 5.57 Å². The summed E-state index contributed by atoms with van der Waals surface area (Å²) in [6, 6.07) is 10.2. The van der Waals surface area contributed by atoms with Gasteiger partial charge in [0.05, 0.1) is 0 Å². The highest BCUT2D eigenvalue weighted by Gasteiger charge is 2.15. The largest absolute Gasteiger partial charge is 0.368 e. The zero-order chi connectivity index (χ0) is 19.5. The van der Waals surface area contributed by atoms with Gasteiger partial charge in [0.15, 0.2) is 5.82 Å². The second-order valence-electron chi connectivity index (χ2n) is 7.06. The fourth-order valence-electron chi connectivity index (χ4n) is 3.05. The van der Waals surface area contributed by atoms with Crippen LogP contribution in [0.1, 0.15) is 71.0 Å². The van der Waals surface area contributed by atoms with E-state index in [0.717, 1.165) is 24.2 Å². The molecule has 0 aliphatic carbocycles. The lowest BCUT2D eigenvalue weighted by atomic mass is 10.1. The minimum absolute atomic E-state index is 0.231. The van der Waals surface area contributed by atoms with Gasteiger partial charge in [-0.15, -0.1) is 0 Å². The molecule has 0 saturated heterocycles. The number of nitrogens with two attached hydrogens (primary N) is 1. The Morgan fingerprint density at radius 3 is 2.19 bits per heavy atom. The summed E-state index contributed by atoms with van der Waals surface area (Å²) in [5.41, 5.74) is 7.77. The number of aromatic nitrogens is 3. The van der Waals surface area contributed by atoms with Gasteiger partial charge in [0, 0.05) is 12.2 Å². The molecule has 5 nitrogen and oxygen atoms in total. The van der Waals surface area contributed by atoms with E-state index in [1.165, 1.54) is 44.9 Å². The lowest BCUT2D eigenvalue weighted by Gasteiger charge is -2.23. The van der Waals surface area contributed by atoms with Crippen molar-refractivity contribution in [2.24, 2.45) is 0 Å². The first-order valence-electron chi connectivity index (χ1n) is 10.1. The molecule has 0 aliphatic heterocycles. The van der Waals surface area contributed by atoms with Crippen LogP contribution in [0.2, 0.25) is 0 Å². The number of rotatable bonds is 12. The van der Waals surface area contributed by atoms with E-state index in [2.05, 4.69) is 45.5 Å². The van der Waals surface area contributed by atoms with Crippen LogP contribution in [-0.4, -0.2) is 21.5 Å². The number of anilines is 3. The zero-order valence-electron chi connectivity index (χ0n) is 16.8. The van der Waals surface area contributed by atoms with Crippen LogP contribution >= 0.6 is 0 Å². The van der Waals surface area contributed by atoms with Crippen molar-refractivity contribution in [3.63, 3.8) is 0 Å². The predicted molar refractivity (Wildman–Crippen MR) is 115 cm³/mol. The molecule has 1 aromatic heterocycles. The van der Waals surface area contributed by atoms with Gasteiger partial charge in [0.1, 0.15) is 0 Å². The molecule has 0 atom stereocenters. The Hall–Kier alpha value is -2.43. The number of allylic oxidation sites excluding steroid dienone is 1. The van der Waals surface area contributed by atoms with Crippen molar-refractivity contribution in [3.8, 4) is 0 Å². The smallest absolute Gasteiger partial charge is 0.235 e. The lowest BCUT2D eigenvalue weighted by molar-refractivity contribution is 0.576. The molecule has 0 radical (unpaired) electrons. The van der Waals surface area contributed by atoms with Crippen LogP contribution in [0.15, 0.2) is 36.9 Å². The first-order valence-corrected chi connectivity index (χ1v) is 10.1. The fourth-order valence-corrected chi connectivity index (χ4v) is 3.05. The van der Waals surface area contributed by atoms with Crippen molar-refractivity contribution in [2.45, 2.75) is 65.2 Å². The zero-order valence-corrected chi connectivity index (χ0v) is 16.8. The Morgan fingerprint density at radius 2 is 1.56 bits per heavy atom. The maximum Gasteiger partial charge on any atom is 0.235 e. The van der Waals surface area contributed by atoms with Crippen LogP contribution in [0.4, 0.5) is 17.6 Å². The highest BCUT2D eigenvalue weighted by Crippen LogP contribution is 2.24. The van der Waals surface area contributed by atoms with Crippen molar-refractivity contribution in [3.05, 3.63) is 42.7 Å². The van der Waals surface area contributed by atoms with E-state index in [-0.39, 0.29) is 5.95 Å². The molecule has 0 amide bonds. The Bertz CT molecular complexity index is 699. The summed E-state index contributed by atoms with van der Waals surface area (Å²) in [5, 5.41) is 0. The second kappa shape index (κ2) is 11.3. The monoisotopic (exact) mass is 367 g/mol. The van der Waals surface area contributed by atoms with Crippen LogP contribution in [0.5, 0.6) is 0 Å². The van der Waals surface area contributed by atoms with Gasteiger partial charge < -0.3 is 10.6 Å². The van der Waals surface area contributed by atoms with Crippen molar-refractivity contribution >= 4 is 23.2 Å². The van der Waals surface area contributed by atoms with Crippen LogP contribution in [0.3, 0.4) is 0 Å². The molecule has 2 rings (SSSR count). The maximum absolute atomic E-state index is 5.92. The quantitative estimate of drug-likeness (QED) is 0.483. The summed E-state index contributed by atoms with van der Waals surface area (Å²) in [6.45, 7) is 8.92. The minimum atomic E-state index is 0.231. The van der Waals surface area contributed by atoms with E-state index in [1.807, 2.05) is 25.1 Å². The summed E-state index contributed by atoms with van der Waals surface area (Å²) >= 11 is 0. The predicted octanol–water partition coefficient (Wildman–Crippen LogP) is 5.77. The first-order chi connectivity index (χ1) is 13.1. The van der Waals surface area contributed by atoms with Crippen molar-refractivity contribution in [2.75, 3.05) is 17.2 Å². The number of benzene rings is 1. The minimum Gasteiger partial charge on any atom is -0.368 e. The summed E-state index contributed by atoms with van der Waals surface area (Å²) in [5.74, 6) is 1.37. The highest BCUT2D eigenvalue weighted by molar-refractivity contribution is 5.61. The average molecular weight is 368 g/mol. The van der Waals surface area contributed by atoms with Gasteiger partial charge in [-0.2, -0.15) is 15.0 Å². The highest BCUT2D eigenvalue weighted by atomic mass is 15.3. The molecule has 0 aliphatic rings. The molecule has 1 heterocycles. The molecule has 2 N–H and O–H groups in total. The Balaban J connectivity index is 2.02. The van der Waals surface area contributed by atoms with Crippen molar-refractivity contribution < 1.29 is 0 Å². The maximum atomic E-state index is 5.92. The molecule has 0 unspecified atom stereocenters. The van der Waals surface area contributed by atoms with Crippen molar-refractivity contribution in [1.82, 2.24) is 15.0 Å². The Labute approximate surface area is 163 Å². The third-order valence-electron chi connectivity index (χ3n) is 4.57. The number of unbranched alkanes of at least 4 members (excludes halogenated alkanes) is 7. The van der Waals surface area contributed by atoms with Gasteiger partial charge in [0.25, 0.3) is 0 Å². The van der Waals surface area contributed by atoms with E-state index in [0.29, 0.717) is 11.8 Å². The van der Waals surface area contributed by atoms with Gasteiger partial charge in [-0.3, -0.25) is 0 Å². The van der Waals surface area contributed by atoms with E-state index in [4.69, 9.17) is 5.73 Å². The third kappa shape index (κ3) is 7.00. The van der Waals surface area contributed by atoms with Crippen molar-refractivity contribution in [1.29, 1.82) is 0 Å². The van der Waals surface area contributed by atoms with Gasteiger partial charge in [-0.1, -0.05) is 76.6 Å². The lowest BCUT2D eigenvalue weighted by Crippen LogP contribution is -2.22. The molecule has 0 spiro atoms. The molecule has 2 aromatic rings. The number of nitrogen functional groups attached to an aromatic ring is 1. The van der Waals surface area contributed by atoms with Gasteiger partial charge >= 0.3 is 0 Å². The summed E-state index contributed by atoms with van der Waals surface area (Å²) in [6.07, 6.45) is 10.3. The SMILES string of the molecule is C=C(C)c1nc(N)nc(N(CCCCCCCCCC)c2ccccc2)n1. The molecule has 0 saturated carbocycles. The standard InChI is InChI=1S/C22H33N5/c1-4-5-6-7-8-9-10-14-17-27(19-15-12-11-13-16-19)22-25-20(18(2)3)24-21(23)26-22/h11-13,15-16H,2,4-10,14,17H2,1,3H3,(H2,23,24,25,26). The molecule has 0 fully saturated rings. The Kier molecular flexibility index (Phi) is 8.75. The fraction of sp³-hybridized carbons (Fsp3) is 0.500. The molecule has 146 valence electrons. The van der Waals surface area contributed by atoms with Gasteiger partial charge in [0.2, 0.25) is 11.9 Å².